The van der Waals surface area contributed by atoms with Crippen LogP contribution in [-0.2, 0) is 5.75 Å². The van der Waals surface area contributed by atoms with E-state index in [0.29, 0.717) is 23.3 Å². The predicted molar refractivity (Wildman–Crippen MR) is 157 cm³/mol. The molecule has 1 fully saturated rings. The number of hydrogen-bond acceptors (Lipinski definition) is 6. The monoisotopic (exact) mass is 549 g/mol. The molecule has 5 rings (SSSR count). The van der Waals surface area contributed by atoms with Crippen LogP contribution in [0, 0.1) is 11.7 Å². The highest BCUT2D eigenvalue weighted by atomic mass is 32.2. The van der Waals surface area contributed by atoms with Crippen molar-refractivity contribution < 1.29 is 8.81 Å². The molecule has 206 valence electrons. The fourth-order valence-corrected chi connectivity index (χ4v) is 5.76. The normalized spacial score (nSPS) is 20.0. The van der Waals surface area contributed by atoms with Crippen LogP contribution in [0.25, 0.3) is 11.5 Å². The number of H-pyrrole nitrogens is 1. The zero-order valence-electron chi connectivity index (χ0n) is 22.6. The zero-order chi connectivity index (χ0) is 27.0. The third kappa shape index (κ3) is 7.45. The van der Waals surface area contributed by atoms with E-state index in [-0.39, 0.29) is 11.7 Å². The second-order valence-electron chi connectivity index (χ2n) is 10.0. The van der Waals surface area contributed by atoms with Gasteiger partial charge in [0.2, 0.25) is 0 Å². The van der Waals surface area contributed by atoms with E-state index in [1.807, 2.05) is 30.3 Å². The molecule has 8 nitrogen and oxygen atoms in total. The molecule has 0 bridgehead atoms. The first kappa shape index (κ1) is 27.3. The number of piperazine rings is 1. The maximum absolute atomic E-state index is 13.4. The molecule has 39 heavy (non-hydrogen) atoms. The van der Waals surface area contributed by atoms with Crippen LogP contribution in [0.5, 0.6) is 0 Å². The zero-order valence-corrected chi connectivity index (χ0v) is 23.5. The van der Waals surface area contributed by atoms with E-state index in [1.54, 1.807) is 18.0 Å². The van der Waals surface area contributed by atoms with Crippen LogP contribution >= 0.6 is 11.8 Å². The van der Waals surface area contributed by atoms with Gasteiger partial charge >= 0.3 is 0 Å². The number of amidine groups is 1. The number of aromatic nitrogens is 2. The molecular formula is C29H36FN7OS. The molecule has 0 radical (unpaired) electrons. The molecule has 3 aromatic rings. The van der Waals surface area contributed by atoms with E-state index >= 15 is 0 Å². The summed E-state index contributed by atoms with van der Waals surface area (Å²) >= 11 is 1.66. The van der Waals surface area contributed by atoms with Crippen molar-refractivity contribution in [3.63, 3.8) is 0 Å². The number of halogens is 1. The molecule has 1 atom stereocenters. The van der Waals surface area contributed by atoms with Gasteiger partial charge in [0.15, 0.2) is 11.6 Å². The number of aromatic amines is 1. The van der Waals surface area contributed by atoms with Gasteiger partial charge in [0, 0.05) is 50.3 Å². The van der Waals surface area contributed by atoms with Gasteiger partial charge in [-0.3, -0.25) is 10.00 Å². The molecule has 0 saturated carbocycles. The highest BCUT2D eigenvalue weighted by molar-refractivity contribution is 8.13. The lowest BCUT2D eigenvalue weighted by Crippen LogP contribution is -2.49. The quantitative estimate of drug-likeness (QED) is 0.370. The summed E-state index contributed by atoms with van der Waals surface area (Å²) in [7, 11) is 0. The largest absolute Gasteiger partial charge is 0.463 e. The highest BCUT2D eigenvalue weighted by Gasteiger charge is 2.24. The highest BCUT2D eigenvalue weighted by Crippen LogP contribution is 2.27. The average Bonchev–Trinajstić information content (AvgIpc) is 3.65. The molecule has 1 saturated heterocycles. The van der Waals surface area contributed by atoms with Gasteiger partial charge in [0.25, 0.3) is 5.96 Å². The van der Waals surface area contributed by atoms with Gasteiger partial charge in [0.1, 0.15) is 17.3 Å². The molecule has 2 aliphatic rings. The molecular weight excluding hydrogens is 513 g/mol. The first-order chi connectivity index (χ1) is 19.1. The van der Waals surface area contributed by atoms with Crippen molar-refractivity contribution in [1.82, 2.24) is 20.0 Å². The molecule has 0 spiro atoms. The fourth-order valence-electron chi connectivity index (χ4n) is 4.71. The molecule has 0 amide bonds. The lowest BCUT2D eigenvalue weighted by atomic mass is 10.1. The maximum Gasteiger partial charge on any atom is 0.253 e. The number of aliphatic imine (C=N–C) groups is 3. The van der Waals surface area contributed by atoms with E-state index in [0.717, 1.165) is 67.7 Å². The summed E-state index contributed by atoms with van der Waals surface area (Å²) in [5.74, 6) is 3.38. The van der Waals surface area contributed by atoms with Gasteiger partial charge < -0.3 is 9.32 Å². The Morgan fingerprint density at radius 1 is 1.13 bits per heavy atom. The number of unbranched alkanes of at least 4 members (excludes halogenated alkanes) is 1. The Labute approximate surface area is 233 Å². The third-order valence-electron chi connectivity index (χ3n) is 7.09. The molecule has 1 N–H and O–H groups in total. The summed E-state index contributed by atoms with van der Waals surface area (Å²) in [6.07, 6.45) is 5.92. The van der Waals surface area contributed by atoms with Gasteiger partial charge in [-0.15, -0.1) is 11.8 Å². The summed E-state index contributed by atoms with van der Waals surface area (Å²) in [4.78, 5) is 19.7. The number of nitrogens with zero attached hydrogens (tertiary/aromatic N) is 6. The van der Waals surface area contributed by atoms with Crippen molar-refractivity contribution in [3.05, 3.63) is 60.1 Å². The number of guanidine groups is 1. The maximum atomic E-state index is 13.4. The van der Waals surface area contributed by atoms with Crippen LogP contribution in [0.2, 0.25) is 0 Å². The van der Waals surface area contributed by atoms with Gasteiger partial charge in [-0.05, 0) is 49.2 Å². The molecule has 2 aromatic heterocycles. The van der Waals surface area contributed by atoms with Gasteiger partial charge in [-0.2, -0.15) is 15.1 Å². The molecule has 1 unspecified atom stereocenters. The molecule has 10 heteroatoms. The van der Waals surface area contributed by atoms with Crippen LogP contribution in [0.15, 0.2) is 68.1 Å². The number of furan rings is 1. The second kappa shape index (κ2) is 13.2. The van der Waals surface area contributed by atoms with Gasteiger partial charge in [-0.25, -0.2) is 9.38 Å². The molecule has 1 aromatic carbocycles. The van der Waals surface area contributed by atoms with Crippen LogP contribution in [0.4, 0.5) is 10.2 Å². The Kier molecular flexibility index (Phi) is 9.26. The summed E-state index contributed by atoms with van der Waals surface area (Å²) in [5, 5.41) is 8.34. The third-order valence-corrected chi connectivity index (χ3v) is 8.36. The van der Waals surface area contributed by atoms with E-state index < -0.39 is 0 Å². The van der Waals surface area contributed by atoms with E-state index in [4.69, 9.17) is 19.4 Å². The number of rotatable bonds is 7. The smallest absolute Gasteiger partial charge is 0.253 e. The number of hydrogen-bond donors (Lipinski definition) is 1. The van der Waals surface area contributed by atoms with Crippen LogP contribution in [0.3, 0.4) is 0 Å². The Balaban J connectivity index is 1.40. The Morgan fingerprint density at radius 3 is 2.69 bits per heavy atom. The van der Waals surface area contributed by atoms with Crippen molar-refractivity contribution >= 4 is 34.4 Å². The first-order valence-electron chi connectivity index (χ1n) is 13.8. The summed E-state index contributed by atoms with van der Waals surface area (Å²) in [6, 6.07) is 12.2. The average molecular weight is 550 g/mol. The van der Waals surface area contributed by atoms with Crippen molar-refractivity contribution in [3.8, 4) is 11.5 Å². The SMILES string of the molecule is CCCCN1CCN(C2=NC(=Nc3cc(-c4ccco4)[nH]n3)N=C(SCc3ccc(F)cc3)C(C)CC2)CC1. The van der Waals surface area contributed by atoms with Crippen molar-refractivity contribution in [2.45, 2.75) is 45.3 Å². The first-order valence-corrected chi connectivity index (χ1v) is 14.7. The standard InChI is InChI=1S/C29H36FN7OS/c1-3-4-13-36-14-16-37(17-15-36)27-12-7-21(2)28(39-20-22-8-10-23(30)11-9-22)33-29(32-27)31-26-19-24(34-35-26)25-6-5-18-38-25/h5-6,8-11,18-19,21H,3-4,7,12-17,20H2,1-2H3,(H,34,35). The van der Waals surface area contributed by atoms with E-state index in [1.165, 1.54) is 25.0 Å². The minimum Gasteiger partial charge on any atom is -0.463 e. The minimum atomic E-state index is -0.226. The summed E-state index contributed by atoms with van der Waals surface area (Å²) in [6.45, 7) is 9.64. The van der Waals surface area contributed by atoms with Crippen molar-refractivity contribution in [1.29, 1.82) is 0 Å². The minimum absolute atomic E-state index is 0.226. The lowest BCUT2D eigenvalue weighted by molar-refractivity contribution is 0.178. The molecule has 2 aliphatic heterocycles. The summed E-state index contributed by atoms with van der Waals surface area (Å²) in [5.41, 5.74) is 1.80. The fraction of sp³-hybridized carbons (Fsp3) is 0.448. The van der Waals surface area contributed by atoms with Crippen molar-refractivity contribution in [2.24, 2.45) is 20.9 Å². The topological polar surface area (TPSA) is 85.4 Å². The Hall–Kier alpha value is -3.24. The Bertz CT molecular complexity index is 1290. The van der Waals surface area contributed by atoms with Gasteiger partial charge in [0.05, 0.1) is 11.3 Å². The van der Waals surface area contributed by atoms with Crippen LogP contribution < -0.4 is 0 Å². The Morgan fingerprint density at radius 2 is 1.95 bits per heavy atom. The van der Waals surface area contributed by atoms with Crippen molar-refractivity contribution in [2.75, 3.05) is 32.7 Å². The number of benzene rings is 1. The van der Waals surface area contributed by atoms with Crippen LogP contribution in [0.1, 0.15) is 45.1 Å². The predicted octanol–water partition coefficient (Wildman–Crippen LogP) is 6.37. The number of thioether (sulfide) groups is 1. The van der Waals surface area contributed by atoms with E-state index in [9.17, 15) is 4.39 Å². The van der Waals surface area contributed by atoms with E-state index in [2.05, 4.69) is 33.8 Å². The molecule has 0 aliphatic carbocycles. The molecule has 4 heterocycles. The second-order valence-corrected chi connectivity index (χ2v) is 11.0. The van der Waals surface area contributed by atoms with Crippen LogP contribution in [-0.4, -0.2) is 69.6 Å². The number of nitrogens with one attached hydrogen (secondary N) is 1. The van der Waals surface area contributed by atoms with Gasteiger partial charge in [-0.1, -0.05) is 32.4 Å². The summed E-state index contributed by atoms with van der Waals surface area (Å²) < 4.78 is 18.9. The lowest BCUT2D eigenvalue weighted by Gasteiger charge is -2.37.